The van der Waals surface area contributed by atoms with Crippen molar-refractivity contribution in [3.63, 3.8) is 0 Å². The summed E-state index contributed by atoms with van der Waals surface area (Å²) >= 11 is 0. The fraction of sp³-hybridized carbons (Fsp3) is 0.100. The summed E-state index contributed by atoms with van der Waals surface area (Å²) in [6.45, 7) is 3.19. The second-order valence-corrected chi connectivity index (χ2v) is 5.81. The minimum absolute atomic E-state index is 0.0496. The zero-order chi connectivity index (χ0) is 20.7. The number of aryl methyl sites for hydroxylation is 2. The molecule has 0 aliphatic rings. The van der Waals surface area contributed by atoms with Crippen LogP contribution in [0.1, 0.15) is 11.1 Å². The summed E-state index contributed by atoms with van der Waals surface area (Å²) in [7, 11) is 0. The highest BCUT2D eigenvalue weighted by molar-refractivity contribution is 5.45. The molecule has 0 amide bonds. The van der Waals surface area contributed by atoms with Crippen molar-refractivity contribution in [2.75, 3.05) is 0 Å². The fourth-order valence-electron chi connectivity index (χ4n) is 2.34. The fourth-order valence-corrected chi connectivity index (χ4v) is 2.34. The van der Waals surface area contributed by atoms with E-state index in [1.54, 1.807) is 19.1 Å². The molecule has 7 nitrogen and oxygen atoms in total. The zero-order valence-electron chi connectivity index (χ0n) is 15.2. The van der Waals surface area contributed by atoms with Crippen LogP contribution in [-0.2, 0) is 0 Å². The molecule has 0 saturated carbocycles. The Kier molecular flexibility index (Phi) is 6.75. The first kappa shape index (κ1) is 20.5. The summed E-state index contributed by atoms with van der Waals surface area (Å²) in [6, 6.07) is 17.4. The van der Waals surface area contributed by atoms with Crippen LogP contribution >= 0.6 is 0 Å². The monoisotopic (exact) mass is 384 g/mol. The van der Waals surface area contributed by atoms with Gasteiger partial charge in [-0.05, 0) is 50.2 Å². The Morgan fingerprint density at radius 3 is 1.79 bits per heavy atom. The topological polar surface area (TPSA) is 95.5 Å². The smallest absolute Gasteiger partial charge is 0.272 e. The third kappa shape index (κ3) is 5.60. The average molecular weight is 384 g/mol. The standard InChI is InChI=1S/C13H11NO3.C7H6FNO2/c1-10-9-12(7-8-13(10)14(15)16)17-11-5-3-2-4-6-11;1-5-4-6(8)2-3-7(5)9(10)11/h2-9H,1H3;2-4H,1H3. The van der Waals surface area contributed by atoms with Crippen molar-refractivity contribution in [1.82, 2.24) is 0 Å². The van der Waals surface area contributed by atoms with Gasteiger partial charge in [0.25, 0.3) is 11.4 Å². The Hall–Kier alpha value is -3.81. The molecule has 0 radical (unpaired) electrons. The van der Waals surface area contributed by atoms with Gasteiger partial charge in [-0.15, -0.1) is 0 Å². The third-order valence-corrected chi connectivity index (χ3v) is 3.70. The normalized spacial score (nSPS) is 9.82. The summed E-state index contributed by atoms with van der Waals surface area (Å²) < 4.78 is 18.0. The number of hydrogen-bond donors (Lipinski definition) is 0. The molecule has 0 bridgehead atoms. The lowest BCUT2D eigenvalue weighted by Crippen LogP contribution is -1.92. The van der Waals surface area contributed by atoms with Crippen LogP contribution < -0.4 is 4.74 Å². The van der Waals surface area contributed by atoms with Crippen LogP contribution in [0.2, 0.25) is 0 Å². The van der Waals surface area contributed by atoms with Gasteiger partial charge in [0.15, 0.2) is 0 Å². The van der Waals surface area contributed by atoms with Gasteiger partial charge in [0.2, 0.25) is 0 Å². The molecule has 8 heteroatoms. The van der Waals surface area contributed by atoms with Crippen LogP contribution in [-0.4, -0.2) is 9.85 Å². The molecule has 0 heterocycles. The van der Waals surface area contributed by atoms with Crippen LogP contribution in [0.3, 0.4) is 0 Å². The Morgan fingerprint density at radius 1 is 0.750 bits per heavy atom. The SMILES string of the molecule is Cc1cc(F)ccc1[N+](=O)[O-].Cc1cc(Oc2ccccc2)ccc1[N+](=O)[O-]. The molecule has 0 spiro atoms. The number of rotatable bonds is 4. The first-order chi connectivity index (χ1) is 13.3. The van der Waals surface area contributed by atoms with E-state index in [0.29, 0.717) is 22.6 Å². The number of para-hydroxylation sites is 1. The molecule has 0 N–H and O–H groups in total. The van der Waals surface area contributed by atoms with E-state index < -0.39 is 15.7 Å². The summed E-state index contributed by atoms with van der Waals surface area (Å²) in [5, 5.41) is 20.9. The molecule has 0 aliphatic heterocycles. The molecule has 28 heavy (non-hydrogen) atoms. The van der Waals surface area contributed by atoms with Crippen LogP contribution in [0.5, 0.6) is 11.5 Å². The maximum atomic E-state index is 12.4. The summed E-state index contributed by atoms with van der Waals surface area (Å²) in [6.07, 6.45) is 0. The van der Waals surface area contributed by atoms with Crippen LogP contribution in [0, 0.1) is 39.9 Å². The van der Waals surface area contributed by atoms with Crippen LogP contribution in [0.25, 0.3) is 0 Å². The van der Waals surface area contributed by atoms with Crippen LogP contribution in [0.4, 0.5) is 15.8 Å². The highest BCUT2D eigenvalue weighted by Gasteiger charge is 2.11. The Balaban J connectivity index is 0.000000221. The van der Waals surface area contributed by atoms with E-state index in [-0.39, 0.29) is 11.4 Å². The third-order valence-electron chi connectivity index (χ3n) is 3.70. The van der Waals surface area contributed by atoms with E-state index >= 15 is 0 Å². The van der Waals surface area contributed by atoms with Crippen LogP contribution in [0.15, 0.2) is 66.7 Å². The van der Waals surface area contributed by atoms with Crippen molar-refractivity contribution >= 4 is 11.4 Å². The van der Waals surface area contributed by atoms with Gasteiger partial charge < -0.3 is 4.74 Å². The van der Waals surface area contributed by atoms with Crippen molar-refractivity contribution in [1.29, 1.82) is 0 Å². The molecule has 3 aromatic carbocycles. The van der Waals surface area contributed by atoms with Gasteiger partial charge >= 0.3 is 0 Å². The Morgan fingerprint density at radius 2 is 1.29 bits per heavy atom. The molecule has 3 rings (SSSR count). The Labute approximate surface area is 160 Å². The maximum Gasteiger partial charge on any atom is 0.272 e. The van der Waals surface area contributed by atoms with Crippen molar-refractivity contribution in [3.8, 4) is 11.5 Å². The highest BCUT2D eigenvalue weighted by Crippen LogP contribution is 2.26. The lowest BCUT2D eigenvalue weighted by atomic mass is 10.2. The van der Waals surface area contributed by atoms with Gasteiger partial charge in [0, 0.05) is 23.3 Å². The van der Waals surface area contributed by atoms with E-state index in [2.05, 4.69) is 0 Å². The van der Waals surface area contributed by atoms with E-state index in [1.807, 2.05) is 30.3 Å². The van der Waals surface area contributed by atoms with E-state index in [4.69, 9.17) is 4.74 Å². The average Bonchev–Trinajstić information content (AvgIpc) is 2.62. The van der Waals surface area contributed by atoms with E-state index in [9.17, 15) is 24.6 Å². The molecule has 0 aromatic heterocycles. The minimum Gasteiger partial charge on any atom is -0.457 e. The quantitative estimate of drug-likeness (QED) is 0.422. The number of hydrogen-bond acceptors (Lipinski definition) is 5. The van der Waals surface area contributed by atoms with Gasteiger partial charge in [0.05, 0.1) is 9.85 Å². The number of nitro benzene ring substituents is 2. The number of halogens is 1. The lowest BCUT2D eigenvalue weighted by molar-refractivity contribution is -0.385. The molecule has 3 aromatic rings. The van der Waals surface area contributed by atoms with E-state index in [1.165, 1.54) is 13.0 Å². The molecule has 0 unspecified atom stereocenters. The predicted octanol–water partition coefficient (Wildman–Crippen LogP) is 5.74. The van der Waals surface area contributed by atoms with Gasteiger partial charge in [0.1, 0.15) is 17.3 Å². The largest absolute Gasteiger partial charge is 0.457 e. The maximum absolute atomic E-state index is 12.4. The lowest BCUT2D eigenvalue weighted by Gasteiger charge is -2.06. The molecular weight excluding hydrogens is 367 g/mol. The predicted molar refractivity (Wildman–Crippen MR) is 102 cm³/mol. The van der Waals surface area contributed by atoms with Crippen molar-refractivity contribution in [3.05, 3.63) is 104 Å². The molecule has 0 aliphatic carbocycles. The van der Waals surface area contributed by atoms with Gasteiger partial charge in [-0.25, -0.2) is 4.39 Å². The minimum atomic E-state index is -0.533. The highest BCUT2D eigenvalue weighted by atomic mass is 19.1. The number of ether oxygens (including phenoxy) is 1. The number of benzene rings is 3. The molecular formula is C20H17FN2O5. The summed E-state index contributed by atoms with van der Waals surface area (Å²) in [4.78, 5) is 19.9. The number of nitro groups is 2. The number of nitrogens with zero attached hydrogens (tertiary/aromatic N) is 2. The molecule has 0 fully saturated rings. The van der Waals surface area contributed by atoms with Gasteiger partial charge in [-0.3, -0.25) is 20.2 Å². The first-order valence-electron chi connectivity index (χ1n) is 8.16. The van der Waals surface area contributed by atoms with Crippen molar-refractivity contribution < 1.29 is 19.0 Å². The van der Waals surface area contributed by atoms with Crippen molar-refractivity contribution in [2.45, 2.75) is 13.8 Å². The summed E-state index contributed by atoms with van der Waals surface area (Å²) in [5.41, 5.74) is 0.982. The second kappa shape index (κ2) is 9.22. The second-order valence-electron chi connectivity index (χ2n) is 5.81. The summed E-state index contributed by atoms with van der Waals surface area (Å²) in [5.74, 6) is 0.855. The van der Waals surface area contributed by atoms with Gasteiger partial charge in [-0.1, -0.05) is 18.2 Å². The molecule has 144 valence electrons. The molecule has 0 saturated heterocycles. The van der Waals surface area contributed by atoms with Crippen molar-refractivity contribution in [2.24, 2.45) is 0 Å². The van der Waals surface area contributed by atoms with Gasteiger partial charge in [-0.2, -0.15) is 0 Å². The molecule has 0 atom stereocenters. The first-order valence-corrected chi connectivity index (χ1v) is 8.16. The Bertz CT molecular complexity index is 993. The zero-order valence-corrected chi connectivity index (χ0v) is 15.2. The van der Waals surface area contributed by atoms with E-state index in [0.717, 1.165) is 18.2 Å².